The minimum Gasteiger partial charge on any atom is -0.299 e. The lowest BCUT2D eigenvalue weighted by Gasteiger charge is -2.36. The molecule has 1 saturated carbocycles. The number of ketones is 1. The zero-order chi connectivity index (χ0) is 10.3. The first-order valence-electron chi connectivity index (χ1n) is 5.53. The third-order valence-electron chi connectivity index (χ3n) is 3.58. The predicted molar refractivity (Wildman–Crippen MR) is 57.9 cm³/mol. The molecule has 3 aliphatic carbocycles. The summed E-state index contributed by atoms with van der Waals surface area (Å²) in [5.74, 6) is 1.66. The van der Waals surface area contributed by atoms with Crippen LogP contribution in [0.3, 0.4) is 0 Å². The Balaban J connectivity index is 2.26. The first kappa shape index (κ1) is 9.70. The van der Waals surface area contributed by atoms with Crippen LogP contribution < -0.4 is 0 Å². The lowest BCUT2D eigenvalue weighted by molar-refractivity contribution is -0.124. The quantitative estimate of drug-likeness (QED) is 0.654. The third-order valence-corrected chi connectivity index (χ3v) is 3.58. The number of hydrogen-bond acceptors (Lipinski definition) is 1. The van der Waals surface area contributed by atoms with E-state index >= 15 is 0 Å². The molecule has 0 aromatic carbocycles. The number of hydrogen-bond donors (Lipinski definition) is 0. The highest BCUT2D eigenvalue weighted by Crippen LogP contribution is 2.42. The molecule has 0 saturated heterocycles. The van der Waals surface area contributed by atoms with Crippen LogP contribution in [0.1, 0.15) is 33.1 Å². The zero-order valence-corrected chi connectivity index (χ0v) is 9.05. The molecule has 0 radical (unpaired) electrons. The molecule has 1 fully saturated rings. The van der Waals surface area contributed by atoms with Crippen LogP contribution in [0, 0.1) is 17.8 Å². The molecule has 0 spiro atoms. The molecule has 3 aliphatic rings. The molecule has 0 amide bonds. The summed E-state index contributed by atoms with van der Waals surface area (Å²) in [7, 11) is 0. The van der Waals surface area contributed by atoms with Crippen molar-refractivity contribution >= 4 is 5.78 Å². The molecule has 14 heavy (non-hydrogen) atoms. The van der Waals surface area contributed by atoms with E-state index in [0.717, 1.165) is 12.8 Å². The Labute approximate surface area is 85.9 Å². The van der Waals surface area contributed by atoms with Gasteiger partial charge in [0.05, 0.1) is 0 Å². The highest BCUT2D eigenvalue weighted by atomic mass is 16.1. The van der Waals surface area contributed by atoms with Gasteiger partial charge < -0.3 is 0 Å². The normalized spacial score (nSPS) is 30.8. The summed E-state index contributed by atoms with van der Waals surface area (Å²) >= 11 is 0. The molecule has 2 atom stereocenters. The van der Waals surface area contributed by atoms with Gasteiger partial charge in [0, 0.05) is 12.3 Å². The second kappa shape index (κ2) is 3.38. The van der Waals surface area contributed by atoms with Gasteiger partial charge in [-0.05, 0) is 35.8 Å². The van der Waals surface area contributed by atoms with Crippen LogP contribution in [0.5, 0.6) is 0 Å². The number of carbonyl (C=O) groups is 1. The molecule has 0 unspecified atom stereocenters. The fourth-order valence-electron chi connectivity index (χ4n) is 2.54. The third kappa shape index (κ3) is 1.45. The van der Waals surface area contributed by atoms with E-state index in [-0.39, 0.29) is 5.92 Å². The molecule has 0 aromatic rings. The van der Waals surface area contributed by atoms with E-state index in [4.69, 9.17) is 0 Å². The molecule has 0 aliphatic heterocycles. The molecule has 76 valence electrons. The molecular weight excluding hydrogens is 172 g/mol. The number of allylic oxidation sites excluding steroid dienone is 3. The average molecular weight is 190 g/mol. The molecule has 3 rings (SSSR count). The van der Waals surface area contributed by atoms with Crippen molar-refractivity contribution < 1.29 is 4.79 Å². The minimum absolute atomic E-state index is 0.213. The monoisotopic (exact) mass is 190 g/mol. The van der Waals surface area contributed by atoms with Crippen LogP contribution >= 0.6 is 0 Å². The van der Waals surface area contributed by atoms with Gasteiger partial charge >= 0.3 is 0 Å². The Hall–Kier alpha value is -0.850. The van der Waals surface area contributed by atoms with E-state index in [0.29, 0.717) is 17.6 Å². The summed E-state index contributed by atoms with van der Waals surface area (Å²) in [4.78, 5) is 11.5. The largest absolute Gasteiger partial charge is 0.299 e. The van der Waals surface area contributed by atoms with Crippen molar-refractivity contribution in [2.24, 2.45) is 17.8 Å². The van der Waals surface area contributed by atoms with Gasteiger partial charge in [-0.15, -0.1) is 0 Å². The highest BCUT2D eigenvalue weighted by molar-refractivity contribution is 5.86. The summed E-state index contributed by atoms with van der Waals surface area (Å²) < 4.78 is 0. The van der Waals surface area contributed by atoms with Gasteiger partial charge in [0.2, 0.25) is 0 Å². The fourth-order valence-corrected chi connectivity index (χ4v) is 2.54. The van der Waals surface area contributed by atoms with Crippen molar-refractivity contribution in [3.63, 3.8) is 0 Å². The molecule has 0 heterocycles. The Bertz CT molecular complexity index is 309. The minimum atomic E-state index is 0.213. The SMILES string of the molecule is C=C(C1=C[C@H]2CC[C@@H]1CC2=O)C(C)C. The van der Waals surface area contributed by atoms with E-state index in [1.54, 1.807) is 0 Å². The van der Waals surface area contributed by atoms with Crippen molar-refractivity contribution in [2.45, 2.75) is 33.1 Å². The van der Waals surface area contributed by atoms with Crippen molar-refractivity contribution in [1.29, 1.82) is 0 Å². The van der Waals surface area contributed by atoms with Crippen molar-refractivity contribution in [3.8, 4) is 0 Å². The van der Waals surface area contributed by atoms with Gasteiger partial charge in [-0.3, -0.25) is 4.79 Å². The second-order valence-electron chi connectivity index (χ2n) is 4.85. The van der Waals surface area contributed by atoms with Crippen LogP contribution in [0.4, 0.5) is 0 Å². The van der Waals surface area contributed by atoms with E-state index in [9.17, 15) is 4.79 Å². The van der Waals surface area contributed by atoms with Gasteiger partial charge in [-0.2, -0.15) is 0 Å². The Morgan fingerprint density at radius 3 is 2.64 bits per heavy atom. The average Bonchev–Trinajstić information content (AvgIpc) is 2.17. The smallest absolute Gasteiger partial charge is 0.140 e. The van der Waals surface area contributed by atoms with Crippen molar-refractivity contribution in [3.05, 3.63) is 23.8 Å². The molecule has 1 heteroatoms. The van der Waals surface area contributed by atoms with Crippen molar-refractivity contribution in [1.82, 2.24) is 0 Å². The standard InChI is InChI=1S/C13H18O/c1-8(2)9(3)12-6-11-5-4-10(12)7-13(11)14/h6,8,10-11H,3-5,7H2,1-2H3/t10-,11-/m1/s1. The summed E-state index contributed by atoms with van der Waals surface area (Å²) in [5, 5.41) is 0. The van der Waals surface area contributed by atoms with Crippen LogP contribution in [0.25, 0.3) is 0 Å². The van der Waals surface area contributed by atoms with Gasteiger partial charge in [0.15, 0.2) is 0 Å². The molecule has 0 aromatic heterocycles. The van der Waals surface area contributed by atoms with Crippen LogP contribution in [0.15, 0.2) is 23.8 Å². The summed E-state index contributed by atoms with van der Waals surface area (Å²) in [5.41, 5.74) is 2.63. The maximum absolute atomic E-state index is 11.5. The van der Waals surface area contributed by atoms with E-state index < -0.39 is 0 Å². The molecule has 1 nitrogen and oxygen atoms in total. The fraction of sp³-hybridized carbons (Fsp3) is 0.615. The lowest BCUT2D eigenvalue weighted by Crippen LogP contribution is -2.31. The number of fused-ring (bicyclic) bond motifs is 2. The Kier molecular flexibility index (Phi) is 2.34. The Morgan fingerprint density at radius 1 is 1.50 bits per heavy atom. The number of Topliss-reactive ketones (excluding diaryl/α,β-unsaturated/α-hetero) is 1. The zero-order valence-electron chi connectivity index (χ0n) is 9.05. The molecule has 2 bridgehead atoms. The summed E-state index contributed by atoms with van der Waals surface area (Å²) in [6.45, 7) is 8.49. The summed E-state index contributed by atoms with van der Waals surface area (Å²) in [6, 6.07) is 0. The van der Waals surface area contributed by atoms with Crippen LogP contribution in [-0.4, -0.2) is 5.78 Å². The number of rotatable bonds is 2. The van der Waals surface area contributed by atoms with Crippen LogP contribution in [0.2, 0.25) is 0 Å². The van der Waals surface area contributed by atoms with E-state index in [1.807, 2.05) is 0 Å². The predicted octanol–water partition coefficient (Wildman–Crippen LogP) is 3.12. The first-order valence-corrected chi connectivity index (χ1v) is 5.53. The van der Waals surface area contributed by atoms with Gasteiger partial charge in [0.1, 0.15) is 5.78 Å². The van der Waals surface area contributed by atoms with Gasteiger partial charge in [0.25, 0.3) is 0 Å². The van der Waals surface area contributed by atoms with Crippen molar-refractivity contribution in [2.75, 3.05) is 0 Å². The highest BCUT2D eigenvalue weighted by Gasteiger charge is 2.35. The van der Waals surface area contributed by atoms with Gasteiger partial charge in [-0.1, -0.05) is 26.5 Å². The van der Waals surface area contributed by atoms with Crippen LogP contribution in [-0.2, 0) is 4.79 Å². The molecular formula is C13H18O. The van der Waals surface area contributed by atoms with Gasteiger partial charge in [-0.25, -0.2) is 0 Å². The summed E-state index contributed by atoms with van der Waals surface area (Å²) in [6.07, 6.45) is 5.21. The molecule has 0 N–H and O–H groups in total. The topological polar surface area (TPSA) is 17.1 Å². The van der Waals surface area contributed by atoms with E-state index in [1.165, 1.54) is 17.6 Å². The van der Waals surface area contributed by atoms with E-state index in [2.05, 4.69) is 26.5 Å². The Morgan fingerprint density at radius 2 is 2.21 bits per heavy atom. The second-order valence-corrected chi connectivity index (χ2v) is 4.85. The first-order chi connectivity index (χ1) is 6.59. The number of carbonyl (C=O) groups excluding carboxylic acids is 1. The lowest BCUT2D eigenvalue weighted by atomic mass is 9.68. The maximum atomic E-state index is 11.5. The maximum Gasteiger partial charge on any atom is 0.140 e.